The maximum Gasteiger partial charge on any atom is 0.241 e. The Bertz CT molecular complexity index is 483. The number of hydrogen-bond acceptors (Lipinski definition) is 3. The van der Waals surface area contributed by atoms with Gasteiger partial charge >= 0.3 is 0 Å². The molecule has 1 rings (SSSR count). The first-order valence-electron chi connectivity index (χ1n) is 5.37. The van der Waals surface area contributed by atoms with Crippen LogP contribution in [0.1, 0.15) is 26.7 Å². The van der Waals surface area contributed by atoms with Crippen molar-refractivity contribution in [2.75, 3.05) is 0 Å². The van der Waals surface area contributed by atoms with Gasteiger partial charge < -0.3 is 4.74 Å². The van der Waals surface area contributed by atoms with Gasteiger partial charge in [-0.15, -0.1) is 0 Å². The van der Waals surface area contributed by atoms with Crippen LogP contribution >= 0.6 is 0 Å². The summed E-state index contributed by atoms with van der Waals surface area (Å²) in [6, 6.07) is 3.30. The number of sulfonamides is 1. The van der Waals surface area contributed by atoms with Gasteiger partial charge in [0.25, 0.3) is 0 Å². The Balaban J connectivity index is 3.16. The topological polar surface area (TPSA) is 69.4 Å². The van der Waals surface area contributed by atoms with Crippen molar-refractivity contribution in [3.8, 4) is 5.75 Å². The second-order valence-corrected chi connectivity index (χ2v) is 5.22. The average Bonchev–Trinajstić information content (AvgIpc) is 2.26. The molecule has 0 fully saturated rings. The molecule has 0 amide bonds. The molecule has 0 heterocycles. The van der Waals surface area contributed by atoms with Crippen molar-refractivity contribution >= 4 is 10.0 Å². The minimum atomic E-state index is -3.98. The molecule has 0 radical (unpaired) electrons. The Morgan fingerprint density at radius 1 is 1.35 bits per heavy atom. The van der Waals surface area contributed by atoms with Crippen molar-refractivity contribution in [1.29, 1.82) is 0 Å². The van der Waals surface area contributed by atoms with Crippen LogP contribution in [0.3, 0.4) is 0 Å². The third-order valence-corrected chi connectivity index (χ3v) is 3.35. The lowest BCUT2D eigenvalue weighted by Crippen LogP contribution is -2.18. The minimum Gasteiger partial charge on any atom is -0.489 e. The van der Waals surface area contributed by atoms with Gasteiger partial charge in [0.15, 0.2) is 0 Å². The van der Waals surface area contributed by atoms with Crippen molar-refractivity contribution in [1.82, 2.24) is 0 Å². The monoisotopic (exact) mass is 261 g/mol. The fourth-order valence-electron chi connectivity index (χ4n) is 1.44. The highest BCUT2D eigenvalue weighted by Gasteiger charge is 2.18. The third-order valence-electron chi connectivity index (χ3n) is 2.42. The minimum absolute atomic E-state index is 0.0996. The SMILES string of the molecule is CCC(CC)Oc1ccc(F)cc1S(N)(=O)=O. The molecule has 0 aliphatic rings. The Hall–Kier alpha value is -1.14. The smallest absolute Gasteiger partial charge is 0.241 e. The predicted molar refractivity (Wildman–Crippen MR) is 62.8 cm³/mol. The van der Waals surface area contributed by atoms with Crippen LogP contribution in [-0.4, -0.2) is 14.5 Å². The first-order valence-corrected chi connectivity index (χ1v) is 6.92. The summed E-state index contributed by atoms with van der Waals surface area (Å²) in [6.07, 6.45) is 1.36. The predicted octanol–water partition coefficient (Wildman–Crippen LogP) is 2.04. The molecule has 0 spiro atoms. The zero-order chi connectivity index (χ0) is 13.1. The van der Waals surface area contributed by atoms with Gasteiger partial charge in [-0.05, 0) is 31.0 Å². The van der Waals surface area contributed by atoms with E-state index in [2.05, 4.69) is 0 Å². The third kappa shape index (κ3) is 3.67. The second-order valence-electron chi connectivity index (χ2n) is 3.69. The highest BCUT2D eigenvalue weighted by Crippen LogP contribution is 2.25. The fraction of sp³-hybridized carbons (Fsp3) is 0.455. The highest BCUT2D eigenvalue weighted by atomic mass is 32.2. The molecule has 1 aromatic carbocycles. The zero-order valence-electron chi connectivity index (χ0n) is 9.81. The van der Waals surface area contributed by atoms with Gasteiger partial charge in [-0.2, -0.15) is 0 Å². The van der Waals surface area contributed by atoms with E-state index in [1.54, 1.807) is 0 Å². The summed E-state index contributed by atoms with van der Waals surface area (Å²) in [5.41, 5.74) is 0. The van der Waals surface area contributed by atoms with Gasteiger partial charge in [0.05, 0.1) is 6.10 Å². The normalized spacial score (nSPS) is 11.8. The summed E-state index contributed by atoms with van der Waals surface area (Å²) in [6.45, 7) is 3.85. The van der Waals surface area contributed by atoms with E-state index in [-0.39, 0.29) is 16.7 Å². The number of rotatable bonds is 5. The number of hydrogen-bond donors (Lipinski definition) is 1. The molecule has 1 aromatic rings. The van der Waals surface area contributed by atoms with E-state index < -0.39 is 15.8 Å². The molecule has 4 nitrogen and oxygen atoms in total. The fourth-order valence-corrected chi connectivity index (χ4v) is 2.11. The summed E-state index contributed by atoms with van der Waals surface area (Å²) in [7, 11) is -3.98. The van der Waals surface area contributed by atoms with Gasteiger partial charge in [0.2, 0.25) is 10.0 Å². The first-order chi connectivity index (χ1) is 7.88. The van der Waals surface area contributed by atoms with Gasteiger partial charge in [-0.3, -0.25) is 0 Å². The van der Waals surface area contributed by atoms with Crippen molar-refractivity contribution in [2.24, 2.45) is 5.14 Å². The largest absolute Gasteiger partial charge is 0.489 e. The van der Waals surface area contributed by atoms with Crippen molar-refractivity contribution < 1.29 is 17.5 Å². The average molecular weight is 261 g/mol. The van der Waals surface area contributed by atoms with E-state index >= 15 is 0 Å². The maximum absolute atomic E-state index is 13.0. The lowest BCUT2D eigenvalue weighted by molar-refractivity contribution is 0.187. The van der Waals surface area contributed by atoms with Gasteiger partial charge in [0.1, 0.15) is 16.5 Å². The summed E-state index contributed by atoms with van der Waals surface area (Å²) in [5.74, 6) is -0.562. The molecular weight excluding hydrogens is 245 g/mol. The van der Waals surface area contributed by atoms with Crippen LogP contribution in [0.15, 0.2) is 23.1 Å². The van der Waals surface area contributed by atoms with Crippen LogP contribution in [0, 0.1) is 5.82 Å². The van der Waals surface area contributed by atoms with Gasteiger partial charge in [-0.1, -0.05) is 13.8 Å². The first kappa shape index (κ1) is 13.9. The van der Waals surface area contributed by atoms with E-state index in [0.29, 0.717) is 0 Å². The summed E-state index contributed by atoms with van der Waals surface area (Å²) in [5, 5.41) is 5.01. The molecule has 0 unspecified atom stereocenters. The lowest BCUT2D eigenvalue weighted by Gasteiger charge is -2.17. The second kappa shape index (κ2) is 5.46. The van der Waals surface area contributed by atoms with Crippen LogP contribution in [0.4, 0.5) is 4.39 Å². The van der Waals surface area contributed by atoms with E-state index in [1.807, 2.05) is 13.8 Å². The molecule has 0 saturated carbocycles. The maximum atomic E-state index is 13.0. The van der Waals surface area contributed by atoms with E-state index in [4.69, 9.17) is 9.88 Å². The Kier molecular flexibility index (Phi) is 4.47. The van der Waals surface area contributed by atoms with Crippen LogP contribution in [-0.2, 0) is 10.0 Å². The Morgan fingerprint density at radius 2 is 1.94 bits per heavy atom. The van der Waals surface area contributed by atoms with Crippen LogP contribution in [0.5, 0.6) is 5.75 Å². The number of halogens is 1. The number of primary sulfonamides is 1. The van der Waals surface area contributed by atoms with E-state index in [0.717, 1.165) is 25.0 Å². The van der Waals surface area contributed by atoms with Crippen LogP contribution in [0.25, 0.3) is 0 Å². The molecule has 17 heavy (non-hydrogen) atoms. The van der Waals surface area contributed by atoms with E-state index in [9.17, 15) is 12.8 Å². The standard InChI is InChI=1S/C11H16FNO3S/c1-3-9(4-2)16-10-6-5-8(12)7-11(10)17(13,14)15/h5-7,9H,3-4H2,1-2H3,(H2,13,14,15). The molecule has 0 bridgehead atoms. The highest BCUT2D eigenvalue weighted by molar-refractivity contribution is 7.89. The van der Waals surface area contributed by atoms with Crippen LogP contribution < -0.4 is 9.88 Å². The summed E-state index contributed by atoms with van der Waals surface area (Å²) in [4.78, 5) is -0.315. The molecular formula is C11H16FNO3S. The Morgan fingerprint density at radius 3 is 2.41 bits per heavy atom. The molecule has 0 saturated heterocycles. The quantitative estimate of drug-likeness (QED) is 0.881. The van der Waals surface area contributed by atoms with E-state index in [1.165, 1.54) is 6.07 Å². The molecule has 0 aliphatic heterocycles. The lowest BCUT2D eigenvalue weighted by atomic mass is 10.2. The molecule has 6 heteroatoms. The summed E-state index contributed by atoms with van der Waals surface area (Å²) >= 11 is 0. The zero-order valence-corrected chi connectivity index (χ0v) is 10.6. The Labute approximate surface area is 101 Å². The number of nitrogens with two attached hydrogens (primary N) is 1. The molecule has 96 valence electrons. The van der Waals surface area contributed by atoms with Crippen molar-refractivity contribution in [2.45, 2.75) is 37.7 Å². The number of benzene rings is 1. The number of ether oxygens (including phenoxy) is 1. The molecule has 2 N–H and O–H groups in total. The van der Waals surface area contributed by atoms with Crippen molar-refractivity contribution in [3.63, 3.8) is 0 Å². The summed E-state index contributed by atoms with van der Waals surface area (Å²) < 4.78 is 41.1. The van der Waals surface area contributed by atoms with Crippen molar-refractivity contribution in [3.05, 3.63) is 24.0 Å². The molecule has 0 aliphatic carbocycles. The van der Waals surface area contributed by atoms with Gasteiger partial charge in [0, 0.05) is 0 Å². The van der Waals surface area contributed by atoms with Gasteiger partial charge in [-0.25, -0.2) is 17.9 Å². The van der Waals surface area contributed by atoms with Crippen LogP contribution in [0.2, 0.25) is 0 Å². The molecule has 0 aromatic heterocycles. The molecule has 0 atom stereocenters.